The third-order valence-corrected chi connectivity index (χ3v) is 3.50. The van der Waals surface area contributed by atoms with Crippen molar-refractivity contribution in [2.24, 2.45) is 0 Å². The predicted octanol–water partition coefficient (Wildman–Crippen LogP) is 3.48. The lowest BCUT2D eigenvalue weighted by Crippen LogP contribution is -2.01. The van der Waals surface area contributed by atoms with Crippen molar-refractivity contribution < 1.29 is 14.3 Å². The van der Waals surface area contributed by atoms with E-state index in [1.807, 2.05) is 6.92 Å². The van der Waals surface area contributed by atoms with E-state index in [1.54, 1.807) is 29.7 Å². The molecule has 0 spiro atoms. The minimum Gasteiger partial charge on any atom is -0.478 e. The topological polar surface area (TPSA) is 55.1 Å². The first-order valence-electron chi connectivity index (χ1n) is 6.47. The van der Waals surface area contributed by atoms with Gasteiger partial charge in [-0.05, 0) is 43.7 Å². The summed E-state index contributed by atoms with van der Waals surface area (Å²) in [6.45, 7) is 3.65. The number of fused-ring (bicyclic) bond motifs is 1. The normalized spacial score (nSPS) is 11.0. The van der Waals surface area contributed by atoms with Crippen LogP contribution in [0.1, 0.15) is 21.7 Å². The Morgan fingerprint density at radius 1 is 1.24 bits per heavy atom. The van der Waals surface area contributed by atoms with Crippen molar-refractivity contribution in [3.8, 4) is 5.69 Å². The van der Waals surface area contributed by atoms with Gasteiger partial charge in [-0.1, -0.05) is 12.1 Å². The maximum atomic E-state index is 13.6. The van der Waals surface area contributed by atoms with Crippen molar-refractivity contribution in [1.29, 1.82) is 0 Å². The standard InChI is InChI=1S/C16H13FN2O2/c1-9-6-7-11(17)8-14(9)19-10(2)18-15-12(16(20)21)4-3-5-13(15)19/h3-8H,1-2H3,(H,20,21). The summed E-state index contributed by atoms with van der Waals surface area (Å²) in [6.07, 6.45) is 0. The fourth-order valence-corrected chi connectivity index (χ4v) is 2.52. The molecule has 0 aliphatic rings. The lowest BCUT2D eigenvalue weighted by atomic mass is 10.1. The highest BCUT2D eigenvalue weighted by atomic mass is 19.1. The Bertz CT molecular complexity index is 868. The number of nitrogens with zero attached hydrogens (tertiary/aromatic N) is 2. The number of rotatable bonds is 2. The summed E-state index contributed by atoms with van der Waals surface area (Å²) < 4.78 is 15.3. The second kappa shape index (κ2) is 4.70. The van der Waals surface area contributed by atoms with E-state index in [4.69, 9.17) is 0 Å². The van der Waals surface area contributed by atoms with E-state index in [-0.39, 0.29) is 11.4 Å². The highest BCUT2D eigenvalue weighted by Crippen LogP contribution is 2.26. The van der Waals surface area contributed by atoms with Crippen LogP contribution in [0.25, 0.3) is 16.7 Å². The highest BCUT2D eigenvalue weighted by molar-refractivity contribution is 6.01. The molecule has 2 aromatic carbocycles. The number of imidazole rings is 1. The molecule has 1 heterocycles. The summed E-state index contributed by atoms with van der Waals surface area (Å²) in [7, 11) is 0. The molecule has 0 amide bonds. The smallest absolute Gasteiger partial charge is 0.337 e. The number of hydrogen-bond acceptors (Lipinski definition) is 2. The van der Waals surface area contributed by atoms with Crippen LogP contribution in [0.4, 0.5) is 4.39 Å². The maximum absolute atomic E-state index is 13.6. The molecule has 0 aliphatic heterocycles. The van der Waals surface area contributed by atoms with Crippen LogP contribution in [0.5, 0.6) is 0 Å². The van der Waals surface area contributed by atoms with Gasteiger partial charge in [0.15, 0.2) is 0 Å². The van der Waals surface area contributed by atoms with Crippen molar-refractivity contribution in [2.75, 3.05) is 0 Å². The number of hydrogen-bond donors (Lipinski definition) is 1. The molecule has 0 radical (unpaired) electrons. The summed E-state index contributed by atoms with van der Waals surface area (Å²) in [6, 6.07) is 9.48. The number of carboxylic acids is 1. The third kappa shape index (κ3) is 2.07. The molecule has 1 aromatic heterocycles. The maximum Gasteiger partial charge on any atom is 0.337 e. The van der Waals surface area contributed by atoms with Crippen molar-refractivity contribution in [3.05, 3.63) is 59.2 Å². The van der Waals surface area contributed by atoms with Gasteiger partial charge >= 0.3 is 5.97 Å². The molecule has 0 atom stereocenters. The quantitative estimate of drug-likeness (QED) is 0.783. The Balaban J connectivity index is 2.38. The summed E-state index contributed by atoms with van der Waals surface area (Å²) >= 11 is 0. The fourth-order valence-electron chi connectivity index (χ4n) is 2.52. The van der Waals surface area contributed by atoms with Gasteiger partial charge in [0.2, 0.25) is 0 Å². The van der Waals surface area contributed by atoms with Crippen LogP contribution in [0.2, 0.25) is 0 Å². The zero-order valence-electron chi connectivity index (χ0n) is 11.6. The lowest BCUT2D eigenvalue weighted by Gasteiger charge is -2.10. The fraction of sp³-hybridized carbons (Fsp3) is 0.125. The Morgan fingerprint density at radius 2 is 2.00 bits per heavy atom. The molecule has 3 aromatic rings. The first-order chi connectivity index (χ1) is 9.99. The number of halogens is 1. The van der Waals surface area contributed by atoms with Crippen LogP contribution < -0.4 is 0 Å². The first-order valence-corrected chi connectivity index (χ1v) is 6.47. The molecule has 0 aliphatic carbocycles. The predicted molar refractivity (Wildman–Crippen MR) is 77.5 cm³/mol. The van der Waals surface area contributed by atoms with Crippen LogP contribution in [0.3, 0.4) is 0 Å². The third-order valence-electron chi connectivity index (χ3n) is 3.50. The van der Waals surface area contributed by atoms with Crippen LogP contribution in [-0.4, -0.2) is 20.6 Å². The van der Waals surface area contributed by atoms with E-state index in [2.05, 4.69) is 4.98 Å². The molecular formula is C16H13FN2O2. The minimum absolute atomic E-state index is 0.142. The van der Waals surface area contributed by atoms with Gasteiger partial charge in [-0.15, -0.1) is 0 Å². The van der Waals surface area contributed by atoms with Crippen molar-refractivity contribution in [2.45, 2.75) is 13.8 Å². The number of benzene rings is 2. The summed E-state index contributed by atoms with van der Waals surface area (Å²) in [5.41, 5.74) is 2.76. The Labute approximate surface area is 120 Å². The van der Waals surface area contributed by atoms with Crippen LogP contribution in [0.15, 0.2) is 36.4 Å². The average Bonchev–Trinajstić information content (AvgIpc) is 2.77. The van der Waals surface area contributed by atoms with Crippen LogP contribution in [0, 0.1) is 19.7 Å². The molecule has 3 rings (SSSR count). The van der Waals surface area contributed by atoms with Gasteiger partial charge in [0, 0.05) is 0 Å². The number of para-hydroxylation sites is 1. The zero-order valence-corrected chi connectivity index (χ0v) is 11.6. The number of carbonyl (C=O) groups is 1. The molecule has 0 unspecified atom stereocenters. The van der Waals surface area contributed by atoms with Crippen molar-refractivity contribution in [3.63, 3.8) is 0 Å². The van der Waals surface area contributed by atoms with Gasteiger partial charge in [-0.3, -0.25) is 4.57 Å². The van der Waals surface area contributed by atoms with E-state index in [9.17, 15) is 14.3 Å². The van der Waals surface area contributed by atoms with E-state index in [0.717, 1.165) is 5.56 Å². The summed E-state index contributed by atoms with van der Waals surface area (Å²) in [5, 5.41) is 9.24. The van der Waals surface area contributed by atoms with Gasteiger partial charge in [0.05, 0.1) is 16.8 Å². The molecular weight excluding hydrogens is 271 g/mol. The Kier molecular flexibility index (Phi) is 2.97. The number of carboxylic acid groups (broad SMARTS) is 1. The number of aryl methyl sites for hydroxylation is 2. The average molecular weight is 284 g/mol. The van der Waals surface area contributed by atoms with E-state index < -0.39 is 5.97 Å². The SMILES string of the molecule is Cc1ccc(F)cc1-n1c(C)nc2c(C(=O)O)cccc21. The second-order valence-corrected chi connectivity index (χ2v) is 4.90. The van der Waals surface area contributed by atoms with E-state index >= 15 is 0 Å². The molecule has 0 saturated heterocycles. The molecule has 0 saturated carbocycles. The lowest BCUT2D eigenvalue weighted by molar-refractivity contribution is 0.0699. The summed E-state index contributed by atoms with van der Waals surface area (Å²) in [5.74, 6) is -0.750. The Morgan fingerprint density at radius 3 is 2.71 bits per heavy atom. The Hall–Kier alpha value is -2.69. The molecule has 0 bridgehead atoms. The highest BCUT2D eigenvalue weighted by Gasteiger charge is 2.17. The molecule has 21 heavy (non-hydrogen) atoms. The van der Waals surface area contributed by atoms with Gasteiger partial charge in [-0.25, -0.2) is 14.2 Å². The van der Waals surface area contributed by atoms with Crippen molar-refractivity contribution >= 4 is 17.0 Å². The molecule has 106 valence electrons. The molecule has 0 fully saturated rings. The second-order valence-electron chi connectivity index (χ2n) is 4.90. The summed E-state index contributed by atoms with van der Waals surface area (Å²) in [4.78, 5) is 15.6. The first kappa shape index (κ1) is 13.3. The van der Waals surface area contributed by atoms with E-state index in [0.29, 0.717) is 22.5 Å². The number of aromatic carboxylic acids is 1. The zero-order chi connectivity index (χ0) is 15.1. The van der Waals surface area contributed by atoms with Gasteiger partial charge in [0.1, 0.15) is 17.2 Å². The van der Waals surface area contributed by atoms with Gasteiger partial charge in [0.25, 0.3) is 0 Å². The molecule has 1 N–H and O–H groups in total. The van der Waals surface area contributed by atoms with Crippen LogP contribution >= 0.6 is 0 Å². The van der Waals surface area contributed by atoms with Gasteiger partial charge in [-0.2, -0.15) is 0 Å². The minimum atomic E-state index is -1.03. The van der Waals surface area contributed by atoms with Crippen molar-refractivity contribution in [1.82, 2.24) is 9.55 Å². The molecule has 4 nitrogen and oxygen atoms in total. The van der Waals surface area contributed by atoms with E-state index in [1.165, 1.54) is 18.2 Å². The largest absolute Gasteiger partial charge is 0.478 e. The monoisotopic (exact) mass is 284 g/mol. The molecule has 5 heteroatoms. The van der Waals surface area contributed by atoms with Gasteiger partial charge < -0.3 is 5.11 Å². The van der Waals surface area contributed by atoms with Crippen LogP contribution in [-0.2, 0) is 0 Å². The number of aromatic nitrogens is 2.